The van der Waals surface area contributed by atoms with Gasteiger partial charge in [-0.25, -0.2) is 22.8 Å². The summed E-state index contributed by atoms with van der Waals surface area (Å²) in [5, 5.41) is 3.20. The van der Waals surface area contributed by atoms with Crippen LogP contribution in [0.15, 0.2) is 60.0 Å². The molecule has 0 radical (unpaired) electrons. The van der Waals surface area contributed by atoms with Crippen LogP contribution in [0.5, 0.6) is 5.75 Å². The van der Waals surface area contributed by atoms with E-state index in [1.807, 2.05) is 6.07 Å². The molecule has 0 saturated heterocycles. The van der Waals surface area contributed by atoms with Crippen molar-refractivity contribution in [2.24, 2.45) is 0 Å². The maximum atomic E-state index is 14.4. The summed E-state index contributed by atoms with van der Waals surface area (Å²) in [4.78, 5) is 8.95. The summed E-state index contributed by atoms with van der Waals surface area (Å²) in [7, 11) is -3.33. The van der Waals surface area contributed by atoms with Crippen molar-refractivity contribution in [2.45, 2.75) is 17.9 Å². The van der Waals surface area contributed by atoms with E-state index in [0.29, 0.717) is 24.5 Å². The second kappa shape index (κ2) is 7.35. The van der Waals surface area contributed by atoms with E-state index in [4.69, 9.17) is 4.74 Å². The molecule has 3 heterocycles. The van der Waals surface area contributed by atoms with E-state index < -0.39 is 9.84 Å². The van der Waals surface area contributed by atoms with Crippen LogP contribution in [0.2, 0.25) is 0 Å². The minimum absolute atomic E-state index is 0.237. The van der Waals surface area contributed by atoms with Gasteiger partial charge in [-0.2, -0.15) is 0 Å². The minimum Gasteiger partial charge on any atom is -0.493 e. The SMILES string of the molecule is CS(=O)(=O)c1cccc(-c2cnc(NCc3c(F)ccc4c3CCO4)n3cncc23)c1. The van der Waals surface area contributed by atoms with Crippen LogP contribution in [0, 0.1) is 5.82 Å². The minimum atomic E-state index is -3.33. The Balaban J connectivity index is 1.50. The second-order valence-electron chi connectivity index (χ2n) is 7.40. The molecule has 158 valence electrons. The van der Waals surface area contributed by atoms with Crippen molar-refractivity contribution in [3.05, 3.63) is 72.1 Å². The van der Waals surface area contributed by atoms with Crippen molar-refractivity contribution in [1.82, 2.24) is 14.4 Å². The average Bonchev–Trinajstić information content (AvgIpc) is 3.42. The molecule has 0 saturated carbocycles. The molecule has 2 aromatic heterocycles. The molecule has 0 spiro atoms. The number of anilines is 1. The predicted molar refractivity (Wildman–Crippen MR) is 114 cm³/mol. The molecule has 0 bridgehead atoms. The summed E-state index contributed by atoms with van der Waals surface area (Å²) < 4.78 is 45.6. The number of aromatic nitrogens is 3. The number of nitrogens with one attached hydrogen (secondary N) is 1. The number of sulfone groups is 1. The number of fused-ring (bicyclic) bond motifs is 2. The van der Waals surface area contributed by atoms with Gasteiger partial charge in [0.1, 0.15) is 17.9 Å². The molecule has 4 aromatic rings. The molecule has 31 heavy (non-hydrogen) atoms. The van der Waals surface area contributed by atoms with Crippen molar-refractivity contribution in [2.75, 3.05) is 18.2 Å². The number of halogens is 1. The van der Waals surface area contributed by atoms with Gasteiger partial charge in [0.05, 0.1) is 23.2 Å². The third-order valence-electron chi connectivity index (χ3n) is 5.40. The van der Waals surface area contributed by atoms with E-state index in [-0.39, 0.29) is 17.3 Å². The first kappa shape index (κ1) is 19.5. The zero-order valence-corrected chi connectivity index (χ0v) is 17.5. The summed E-state index contributed by atoms with van der Waals surface area (Å²) >= 11 is 0. The Bertz CT molecular complexity index is 1420. The molecule has 0 unspecified atom stereocenters. The number of imidazole rings is 1. The van der Waals surface area contributed by atoms with Gasteiger partial charge in [0, 0.05) is 42.1 Å². The predicted octanol–water partition coefficient (Wildman–Crippen LogP) is 3.49. The normalized spacial score (nSPS) is 13.2. The summed E-state index contributed by atoms with van der Waals surface area (Å²) in [6.45, 7) is 0.804. The topological polar surface area (TPSA) is 85.6 Å². The van der Waals surface area contributed by atoms with Gasteiger partial charge in [-0.3, -0.25) is 4.40 Å². The van der Waals surface area contributed by atoms with Gasteiger partial charge in [0.25, 0.3) is 0 Å². The van der Waals surface area contributed by atoms with Gasteiger partial charge in [0.2, 0.25) is 5.95 Å². The molecule has 1 N–H and O–H groups in total. The Morgan fingerprint density at radius 1 is 1.23 bits per heavy atom. The van der Waals surface area contributed by atoms with E-state index >= 15 is 0 Å². The quantitative estimate of drug-likeness (QED) is 0.514. The van der Waals surface area contributed by atoms with E-state index in [1.165, 1.54) is 12.3 Å². The lowest BCUT2D eigenvalue weighted by molar-refractivity contribution is 0.356. The lowest BCUT2D eigenvalue weighted by Crippen LogP contribution is -2.09. The van der Waals surface area contributed by atoms with Crippen LogP contribution in [-0.2, 0) is 22.8 Å². The van der Waals surface area contributed by atoms with Gasteiger partial charge in [-0.05, 0) is 29.8 Å². The van der Waals surface area contributed by atoms with Gasteiger partial charge in [-0.15, -0.1) is 0 Å². The number of ether oxygens (including phenoxy) is 1. The molecular formula is C22H19FN4O3S. The summed E-state index contributed by atoms with van der Waals surface area (Å²) in [6.07, 6.45) is 6.81. The summed E-state index contributed by atoms with van der Waals surface area (Å²) in [5.74, 6) is 0.944. The molecule has 7 nitrogen and oxygen atoms in total. The van der Waals surface area contributed by atoms with Gasteiger partial charge in [0.15, 0.2) is 9.84 Å². The Hall–Kier alpha value is -3.46. The van der Waals surface area contributed by atoms with Crippen LogP contribution in [0.4, 0.5) is 10.3 Å². The number of hydrogen-bond donors (Lipinski definition) is 1. The lowest BCUT2D eigenvalue weighted by atomic mass is 10.0. The van der Waals surface area contributed by atoms with Gasteiger partial charge >= 0.3 is 0 Å². The first-order chi connectivity index (χ1) is 14.9. The third-order valence-corrected chi connectivity index (χ3v) is 6.51. The fourth-order valence-electron chi connectivity index (χ4n) is 3.84. The van der Waals surface area contributed by atoms with Crippen LogP contribution in [0.3, 0.4) is 0 Å². The number of nitrogens with zero attached hydrogens (tertiary/aromatic N) is 3. The van der Waals surface area contributed by atoms with Crippen molar-refractivity contribution in [1.29, 1.82) is 0 Å². The molecule has 5 rings (SSSR count). The third kappa shape index (κ3) is 3.50. The van der Waals surface area contributed by atoms with Crippen LogP contribution >= 0.6 is 0 Å². The van der Waals surface area contributed by atoms with Crippen molar-refractivity contribution in [3.8, 4) is 16.9 Å². The summed E-state index contributed by atoms with van der Waals surface area (Å²) in [5.41, 5.74) is 3.66. The van der Waals surface area contributed by atoms with E-state index in [2.05, 4.69) is 15.3 Å². The summed E-state index contributed by atoms with van der Waals surface area (Å²) in [6, 6.07) is 9.79. The molecule has 1 aliphatic heterocycles. The molecule has 0 fully saturated rings. The van der Waals surface area contributed by atoms with Crippen molar-refractivity contribution < 1.29 is 17.5 Å². The van der Waals surface area contributed by atoms with Crippen LogP contribution < -0.4 is 10.1 Å². The largest absolute Gasteiger partial charge is 0.493 e. The van der Waals surface area contributed by atoms with Crippen molar-refractivity contribution >= 4 is 21.3 Å². The molecule has 0 atom stereocenters. The van der Waals surface area contributed by atoms with Crippen molar-refractivity contribution in [3.63, 3.8) is 0 Å². The van der Waals surface area contributed by atoms with E-state index in [1.54, 1.807) is 47.4 Å². The zero-order chi connectivity index (χ0) is 21.6. The maximum Gasteiger partial charge on any atom is 0.208 e. The number of rotatable bonds is 5. The molecular weight excluding hydrogens is 419 g/mol. The lowest BCUT2D eigenvalue weighted by Gasteiger charge is -2.13. The Kier molecular flexibility index (Phi) is 4.62. The highest BCUT2D eigenvalue weighted by atomic mass is 32.2. The smallest absolute Gasteiger partial charge is 0.208 e. The standard InChI is InChI=1S/C22H19FN4O3S/c1-31(28,29)15-4-2-3-14(9-15)17-10-25-22(27-13-24-12-20(17)27)26-11-18-16-7-8-30-21(16)6-5-19(18)23/h2-6,9-10,12-13H,7-8,11H2,1H3,(H,25,26). The van der Waals surface area contributed by atoms with E-state index in [0.717, 1.165) is 28.0 Å². The van der Waals surface area contributed by atoms with Gasteiger partial charge in [-0.1, -0.05) is 12.1 Å². The molecule has 2 aromatic carbocycles. The highest BCUT2D eigenvalue weighted by Crippen LogP contribution is 2.31. The number of benzene rings is 2. The Morgan fingerprint density at radius 2 is 2.10 bits per heavy atom. The molecule has 9 heteroatoms. The highest BCUT2D eigenvalue weighted by Gasteiger charge is 2.20. The van der Waals surface area contributed by atoms with Crippen LogP contribution in [0.1, 0.15) is 11.1 Å². The second-order valence-corrected chi connectivity index (χ2v) is 9.41. The molecule has 0 aliphatic carbocycles. The monoisotopic (exact) mass is 438 g/mol. The van der Waals surface area contributed by atoms with Gasteiger partial charge < -0.3 is 10.1 Å². The zero-order valence-electron chi connectivity index (χ0n) is 16.7. The Labute approximate surface area is 178 Å². The fourth-order valence-corrected chi connectivity index (χ4v) is 4.51. The molecule has 1 aliphatic rings. The van der Waals surface area contributed by atoms with Crippen LogP contribution in [-0.4, -0.2) is 35.6 Å². The highest BCUT2D eigenvalue weighted by molar-refractivity contribution is 7.90. The Morgan fingerprint density at radius 3 is 2.94 bits per heavy atom. The average molecular weight is 438 g/mol. The first-order valence-corrected chi connectivity index (χ1v) is 11.6. The fraction of sp³-hybridized carbons (Fsp3) is 0.182. The maximum absolute atomic E-state index is 14.4. The first-order valence-electron chi connectivity index (χ1n) is 9.70. The van der Waals surface area contributed by atoms with E-state index in [9.17, 15) is 12.8 Å². The molecule has 0 amide bonds. The number of hydrogen-bond acceptors (Lipinski definition) is 6. The van der Waals surface area contributed by atoms with Crippen LogP contribution in [0.25, 0.3) is 16.6 Å².